The molecule has 17 heavy (non-hydrogen) atoms. The summed E-state index contributed by atoms with van der Waals surface area (Å²) in [5.41, 5.74) is 0. The summed E-state index contributed by atoms with van der Waals surface area (Å²) in [6, 6.07) is -0.354. The molecule has 1 saturated heterocycles. The van der Waals surface area contributed by atoms with E-state index >= 15 is 0 Å². The minimum absolute atomic E-state index is 0.00256. The van der Waals surface area contributed by atoms with Gasteiger partial charge in [0, 0.05) is 19.0 Å². The van der Waals surface area contributed by atoms with E-state index in [1.807, 2.05) is 13.8 Å². The van der Waals surface area contributed by atoms with Crippen molar-refractivity contribution in [2.45, 2.75) is 52.1 Å². The van der Waals surface area contributed by atoms with Gasteiger partial charge in [-0.15, -0.1) is 11.8 Å². The third-order valence-corrected chi connectivity index (χ3v) is 3.03. The van der Waals surface area contributed by atoms with Crippen molar-refractivity contribution in [3.63, 3.8) is 0 Å². The van der Waals surface area contributed by atoms with Gasteiger partial charge in [-0.1, -0.05) is 6.92 Å². The van der Waals surface area contributed by atoms with Gasteiger partial charge in [0.2, 0.25) is 11.8 Å². The van der Waals surface area contributed by atoms with Gasteiger partial charge in [0.1, 0.15) is 0 Å². The zero-order chi connectivity index (χ0) is 12.8. The quantitative estimate of drug-likeness (QED) is 0.438. The van der Waals surface area contributed by atoms with Crippen molar-refractivity contribution in [2.24, 2.45) is 0 Å². The second-order valence-corrected chi connectivity index (χ2v) is 4.25. The molecule has 1 fully saturated rings. The monoisotopic (exact) mass is 236 g/mol. The first-order chi connectivity index (χ1) is 8.11. The molecule has 2 amide bonds. The van der Waals surface area contributed by atoms with Crippen molar-refractivity contribution in [1.82, 2.24) is 10.2 Å². The maximum absolute atomic E-state index is 12.0. The number of carbonyl (C=O) groups excluding carboxylic acids is 2. The number of hydrogen-bond acceptors (Lipinski definition) is 3. The van der Waals surface area contributed by atoms with Crippen molar-refractivity contribution in [3.8, 4) is 11.8 Å². The first kappa shape index (κ1) is 13.7. The Balaban J connectivity index is 2.51. The van der Waals surface area contributed by atoms with Gasteiger partial charge in [-0.25, -0.2) is 0 Å². The first-order valence-electron chi connectivity index (χ1n) is 6.10. The zero-order valence-electron chi connectivity index (χ0n) is 10.7. The van der Waals surface area contributed by atoms with Crippen LogP contribution in [-0.4, -0.2) is 35.3 Å². The van der Waals surface area contributed by atoms with Crippen LogP contribution in [0.25, 0.3) is 0 Å². The summed E-state index contributed by atoms with van der Waals surface area (Å²) < 4.78 is 0. The van der Waals surface area contributed by atoms with E-state index in [-0.39, 0.29) is 30.3 Å². The molecule has 0 aromatic carbocycles. The lowest BCUT2D eigenvalue weighted by atomic mass is 10.2. The molecule has 0 aliphatic carbocycles. The van der Waals surface area contributed by atoms with Gasteiger partial charge in [-0.3, -0.25) is 14.5 Å². The third-order valence-electron chi connectivity index (χ3n) is 3.03. The van der Waals surface area contributed by atoms with Crippen LogP contribution in [0.2, 0.25) is 0 Å². The van der Waals surface area contributed by atoms with Crippen LogP contribution in [0.4, 0.5) is 0 Å². The van der Waals surface area contributed by atoms with E-state index in [0.717, 1.165) is 6.42 Å². The molecule has 4 nitrogen and oxygen atoms in total. The first-order valence-corrected chi connectivity index (χ1v) is 6.10. The Morgan fingerprint density at radius 1 is 1.53 bits per heavy atom. The Morgan fingerprint density at radius 2 is 2.24 bits per heavy atom. The highest BCUT2D eigenvalue weighted by atomic mass is 16.2. The van der Waals surface area contributed by atoms with Crippen molar-refractivity contribution in [1.29, 1.82) is 0 Å². The second-order valence-electron chi connectivity index (χ2n) is 4.25. The van der Waals surface area contributed by atoms with Crippen molar-refractivity contribution in [2.75, 3.05) is 6.54 Å². The van der Waals surface area contributed by atoms with Crippen LogP contribution in [0.1, 0.15) is 40.0 Å². The molecule has 94 valence electrons. The fraction of sp³-hybridized carbons (Fsp3) is 0.692. The molecule has 2 atom stereocenters. The number of amides is 2. The van der Waals surface area contributed by atoms with Gasteiger partial charge in [-0.2, -0.15) is 0 Å². The Morgan fingerprint density at radius 3 is 2.82 bits per heavy atom. The average molecular weight is 236 g/mol. The lowest BCUT2D eigenvalue weighted by Crippen LogP contribution is -2.42. The highest BCUT2D eigenvalue weighted by Gasteiger charge is 2.39. The summed E-state index contributed by atoms with van der Waals surface area (Å²) in [4.78, 5) is 25.1. The van der Waals surface area contributed by atoms with Gasteiger partial charge >= 0.3 is 0 Å². The minimum Gasteiger partial charge on any atom is -0.304 e. The fourth-order valence-electron chi connectivity index (χ4n) is 1.89. The van der Waals surface area contributed by atoms with E-state index in [9.17, 15) is 9.59 Å². The third kappa shape index (κ3) is 3.31. The lowest BCUT2D eigenvalue weighted by molar-refractivity contribution is -0.141. The van der Waals surface area contributed by atoms with E-state index < -0.39 is 0 Å². The molecule has 0 radical (unpaired) electrons. The van der Waals surface area contributed by atoms with Crippen LogP contribution in [0.15, 0.2) is 0 Å². The van der Waals surface area contributed by atoms with Crippen LogP contribution in [0.3, 0.4) is 0 Å². The predicted octanol–water partition coefficient (Wildman–Crippen LogP) is 0.915. The summed E-state index contributed by atoms with van der Waals surface area (Å²) in [5, 5.41) is 3.09. The maximum Gasteiger partial charge on any atom is 0.247 e. The molecule has 1 aliphatic heterocycles. The van der Waals surface area contributed by atoms with Crippen LogP contribution in [-0.2, 0) is 9.59 Å². The Labute approximate surface area is 103 Å². The number of imide groups is 1. The highest BCUT2D eigenvalue weighted by Crippen LogP contribution is 2.17. The molecule has 1 aliphatic rings. The predicted molar refractivity (Wildman–Crippen MR) is 66.1 cm³/mol. The molecule has 2 unspecified atom stereocenters. The van der Waals surface area contributed by atoms with Crippen LogP contribution in [0.5, 0.6) is 0 Å². The summed E-state index contributed by atoms with van der Waals surface area (Å²) >= 11 is 0. The van der Waals surface area contributed by atoms with Crippen LogP contribution in [0, 0.1) is 11.8 Å². The molecule has 1 rings (SSSR count). The van der Waals surface area contributed by atoms with Gasteiger partial charge in [-0.05, 0) is 20.3 Å². The number of nitrogens with one attached hydrogen (secondary N) is 1. The van der Waals surface area contributed by atoms with E-state index in [4.69, 9.17) is 0 Å². The smallest absolute Gasteiger partial charge is 0.247 e. The normalized spacial score (nSPS) is 21.4. The van der Waals surface area contributed by atoms with Gasteiger partial charge in [0.25, 0.3) is 0 Å². The van der Waals surface area contributed by atoms with E-state index in [0.29, 0.717) is 13.0 Å². The molecule has 1 N–H and O–H groups in total. The van der Waals surface area contributed by atoms with Gasteiger partial charge in [0.05, 0.1) is 12.5 Å². The molecule has 0 spiro atoms. The van der Waals surface area contributed by atoms with E-state index in [2.05, 4.69) is 17.2 Å². The topological polar surface area (TPSA) is 49.4 Å². The molecule has 0 saturated carbocycles. The maximum atomic E-state index is 12.0. The summed E-state index contributed by atoms with van der Waals surface area (Å²) in [6.07, 6.45) is 1.78. The lowest BCUT2D eigenvalue weighted by Gasteiger charge is -2.21. The van der Waals surface area contributed by atoms with Crippen LogP contribution < -0.4 is 5.32 Å². The SMILES string of the molecule is CC#CCCNC1CC(=O)N(C(C)CC)C1=O. The fourth-order valence-corrected chi connectivity index (χ4v) is 1.89. The highest BCUT2D eigenvalue weighted by molar-refractivity contribution is 6.05. The Kier molecular flexibility index (Phi) is 5.17. The molecule has 1 heterocycles. The van der Waals surface area contributed by atoms with Crippen molar-refractivity contribution in [3.05, 3.63) is 0 Å². The molecular weight excluding hydrogens is 216 g/mol. The minimum atomic E-state index is -0.352. The number of nitrogens with zero attached hydrogens (tertiary/aromatic N) is 1. The largest absolute Gasteiger partial charge is 0.304 e. The number of rotatable bonds is 5. The number of hydrogen-bond donors (Lipinski definition) is 1. The Hall–Kier alpha value is -1.34. The molecule has 0 aromatic heterocycles. The van der Waals surface area contributed by atoms with Crippen LogP contribution >= 0.6 is 0 Å². The number of likely N-dealkylation sites (tertiary alicyclic amines) is 1. The Bertz CT molecular complexity index is 354. The average Bonchev–Trinajstić information content (AvgIpc) is 2.59. The summed E-state index contributed by atoms with van der Waals surface area (Å²) in [6.45, 7) is 6.32. The molecular formula is C13H20N2O2. The molecule has 0 bridgehead atoms. The standard InChI is InChI=1S/C13H20N2O2/c1-4-6-7-8-14-11-9-12(16)15(13(11)17)10(3)5-2/h10-11,14H,5,7-9H2,1-3H3. The summed E-state index contributed by atoms with van der Waals surface area (Å²) in [7, 11) is 0. The van der Waals surface area contributed by atoms with Crippen molar-refractivity contribution < 1.29 is 9.59 Å². The molecule has 4 heteroatoms. The van der Waals surface area contributed by atoms with E-state index in [1.54, 1.807) is 6.92 Å². The second kappa shape index (κ2) is 6.41. The molecule has 0 aromatic rings. The zero-order valence-corrected chi connectivity index (χ0v) is 10.7. The van der Waals surface area contributed by atoms with Crippen molar-refractivity contribution >= 4 is 11.8 Å². The van der Waals surface area contributed by atoms with Gasteiger partial charge < -0.3 is 5.32 Å². The van der Waals surface area contributed by atoms with Gasteiger partial charge in [0.15, 0.2) is 0 Å². The summed E-state index contributed by atoms with van der Waals surface area (Å²) in [5.74, 6) is 5.56. The number of carbonyl (C=O) groups is 2. The van der Waals surface area contributed by atoms with E-state index in [1.165, 1.54) is 4.90 Å².